The van der Waals surface area contributed by atoms with Crippen LogP contribution < -0.4 is 0 Å². The normalized spacial score (nSPS) is 38.9. The second-order valence-electron chi connectivity index (χ2n) is 6.67. The third-order valence-electron chi connectivity index (χ3n) is 4.23. The summed E-state index contributed by atoms with van der Waals surface area (Å²) in [5.41, 5.74) is 5.63. The molecule has 1 rings (SSSR count). The lowest BCUT2D eigenvalue weighted by molar-refractivity contribution is 0.124. The minimum absolute atomic E-state index is 0.398. The van der Waals surface area contributed by atoms with Gasteiger partial charge in [0, 0.05) is 21.3 Å². The van der Waals surface area contributed by atoms with E-state index in [1.807, 2.05) is 26.2 Å². The van der Waals surface area contributed by atoms with E-state index in [0.29, 0.717) is 5.67 Å². The zero-order chi connectivity index (χ0) is 20.3. The molecular weight excluding hydrogens is 421 g/mol. The Kier molecular flexibility index (Phi) is 7.94. The van der Waals surface area contributed by atoms with Gasteiger partial charge in [-0.3, -0.25) is 0 Å². The minimum Gasteiger partial charge on any atom is -0.413 e. The van der Waals surface area contributed by atoms with Crippen molar-refractivity contribution in [3.63, 3.8) is 0 Å². The standard InChI is InChI=1S/C14H32O7Si5/c1-11-22(7)18-23(8,12-2)20-25(10,21-24(9,13-3)19-22)14-26(15-4,16-5)17-6/h11-13H,1-3,14H2,4-10H3. The molecule has 1 aliphatic heterocycles. The number of rotatable bonds is 8. The lowest BCUT2D eigenvalue weighted by Crippen LogP contribution is -2.68. The molecule has 2 atom stereocenters. The molecule has 1 saturated heterocycles. The zero-order valence-electron chi connectivity index (χ0n) is 16.9. The molecule has 7 nitrogen and oxygen atoms in total. The van der Waals surface area contributed by atoms with Gasteiger partial charge in [0.25, 0.3) is 0 Å². The summed E-state index contributed by atoms with van der Waals surface area (Å²) in [7, 11) is -9.42. The second-order valence-corrected chi connectivity index (χ2v) is 23.5. The van der Waals surface area contributed by atoms with Crippen LogP contribution in [0.5, 0.6) is 0 Å². The first-order valence-corrected chi connectivity index (χ1v) is 19.9. The summed E-state index contributed by atoms with van der Waals surface area (Å²) in [5.74, 6) is 0. The lowest BCUT2D eigenvalue weighted by Gasteiger charge is -2.48. The van der Waals surface area contributed by atoms with Crippen molar-refractivity contribution in [3.05, 3.63) is 36.8 Å². The molecule has 0 aromatic carbocycles. The highest BCUT2D eigenvalue weighted by molar-refractivity contribution is 6.99. The fraction of sp³-hybridized carbons (Fsp3) is 0.571. The van der Waals surface area contributed by atoms with E-state index in [0.717, 1.165) is 0 Å². The van der Waals surface area contributed by atoms with Gasteiger partial charge in [0.15, 0.2) is 0 Å². The van der Waals surface area contributed by atoms with Gasteiger partial charge in [0.05, 0.1) is 5.67 Å². The van der Waals surface area contributed by atoms with Gasteiger partial charge in [-0.15, -0.1) is 19.7 Å². The zero-order valence-corrected chi connectivity index (χ0v) is 21.9. The molecule has 0 aliphatic carbocycles. The Balaban J connectivity index is 3.40. The van der Waals surface area contributed by atoms with E-state index in [1.54, 1.807) is 38.4 Å². The Morgan fingerprint density at radius 2 is 1.00 bits per heavy atom. The summed E-state index contributed by atoms with van der Waals surface area (Å²) in [5, 5.41) is 0. The maximum Gasteiger partial charge on any atom is 0.502 e. The van der Waals surface area contributed by atoms with Gasteiger partial charge >= 0.3 is 43.0 Å². The van der Waals surface area contributed by atoms with Crippen molar-refractivity contribution in [2.45, 2.75) is 31.9 Å². The van der Waals surface area contributed by atoms with Crippen LogP contribution >= 0.6 is 0 Å². The van der Waals surface area contributed by atoms with Crippen LogP contribution in [0.25, 0.3) is 0 Å². The molecule has 0 saturated carbocycles. The Morgan fingerprint density at radius 1 is 0.692 bits per heavy atom. The first-order chi connectivity index (χ1) is 11.9. The van der Waals surface area contributed by atoms with Gasteiger partial charge in [-0.25, -0.2) is 0 Å². The summed E-state index contributed by atoms with van der Waals surface area (Å²) in [6, 6.07) is 0. The maximum absolute atomic E-state index is 6.58. The molecule has 0 N–H and O–H groups in total. The van der Waals surface area contributed by atoms with Crippen LogP contribution in [0, 0.1) is 0 Å². The molecule has 0 aromatic heterocycles. The molecule has 12 heteroatoms. The van der Waals surface area contributed by atoms with Crippen LogP contribution in [-0.4, -0.2) is 64.4 Å². The Morgan fingerprint density at radius 3 is 1.27 bits per heavy atom. The average molecular weight is 453 g/mol. The van der Waals surface area contributed by atoms with Crippen LogP contribution in [0.3, 0.4) is 0 Å². The van der Waals surface area contributed by atoms with Gasteiger partial charge in [-0.05, 0) is 26.2 Å². The number of hydrogen-bond donors (Lipinski definition) is 0. The molecule has 1 fully saturated rings. The molecule has 150 valence electrons. The van der Waals surface area contributed by atoms with Crippen molar-refractivity contribution in [2.24, 2.45) is 0 Å². The second kappa shape index (κ2) is 8.58. The smallest absolute Gasteiger partial charge is 0.413 e. The van der Waals surface area contributed by atoms with Gasteiger partial charge in [0.2, 0.25) is 0 Å². The van der Waals surface area contributed by atoms with Crippen LogP contribution in [0.4, 0.5) is 0 Å². The van der Waals surface area contributed by atoms with Crippen LogP contribution in [-0.2, 0) is 29.7 Å². The highest BCUT2D eigenvalue weighted by Gasteiger charge is 2.59. The van der Waals surface area contributed by atoms with E-state index in [9.17, 15) is 0 Å². The van der Waals surface area contributed by atoms with Crippen molar-refractivity contribution in [1.82, 2.24) is 0 Å². The lowest BCUT2D eigenvalue weighted by atomic mass is 11.3. The first kappa shape index (κ1) is 24.1. The largest absolute Gasteiger partial charge is 0.502 e. The predicted molar refractivity (Wildman–Crippen MR) is 113 cm³/mol. The fourth-order valence-electron chi connectivity index (χ4n) is 2.93. The highest BCUT2D eigenvalue weighted by atomic mass is 28.5. The minimum atomic E-state index is -2.94. The molecule has 26 heavy (non-hydrogen) atoms. The quantitative estimate of drug-likeness (QED) is 0.525. The van der Waals surface area contributed by atoms with Crippen LogP contribution in [0.2, 0.25) is 31.9 Å². The fourth-order valence-corrected chi connectivity index (χ4v) is 27.6. The van der Waals surface area contributed by atoms with E-state index in [4.69, 9.17) is 29.7 Å². The predicted octanol–water partition coefficient (Wildman–Crippen LogP) is 2.95. The number of hydrogen-bond acceptors (Lipinski definition) is 7. The monoisotopic (exact) mass is 452 g/mol. The van der Waals surface area contributed by atoms with Crippen molar-refractivity contribution >= 4 is 43.0 Å². The third-order valence-corrected chi connectivity index (χ3v) is 25.8. The van der Waals surface area contributed by atoms with E-state index in [1.165, 1.54) is 0 Å². The molecule has 0 radical (unpaired) electrons. The van der Waals surface area contributed by atoms with Gasteiger partial charge in [0.1, 0.15) is 0 Å². The molecule has 0 aromatic rings. The van der Waals surface area contributed by atoms with E-state index < -0.39 is 43.0 Å². The van der Waals surface area contributed by atoms with Crippen molar-refractivity contribution in [1.29, 1.82) is 0 Å². The molecule has 0 spiro atoms. The Hall–Kier alpha value is 0.0244. The van der Waals surface area contributed by atoms with Crippen LogP contribution in [0.1, 0.15) is 0 Å². The van der Waals surface area contributed by atoms with Crippen LogP contribution in [0.15, 0.2) is 36.8 Å². The van der Waals surface area contributed by atoms with Gasteiger partial charge in [-0.1, -0.05) is 17.1 Å². The van der Waals surface area contributed by atoms with E-state index in [-0.39, 0.29) is 0 Å². The highest BCUT2D eigenvalue weighted by Crippen LogP contribution is 2.36. The summed E-state index contributed by atoms with van der Waals surface area (Å²) in [4.78, 5) is 0. The summed E-state index contributed by atoms with van der Waals surface area (Å²) in [6.07, 6.45) is 0. The van der Waals surface area contributed by atoms with Gasteiger partial charge < -0.3 is 29.7 Å². The molecular formula is C14H32O7Si5. The maximum atomic E-state index is 6.58. The topological polar surface area (TPSA) is 64.6 Å². The molecule has 1 heterocycles. The van der Waals surface area contributed by atoms with Gasteiger partial charge in [-0.2, -0.15) is 0 Å². The SMILES string of the molecule is C=C[Si]1(C)O[Si](C)(C=C)O[Si](C)(C[Si](OC)(OC)OC)O[Si](C)(C=C)O1. The molecule has 0 amide bonds. The first-order valence-electron chi connectivity index (χ1n) is 8.27. The summed E-state index contributed by atoms with van der Waals surface area (Å²) >= 11 is 0. The molecule has 2 unspecified atom stereocenters. The molecule has 1 aliphatic rings. The molecule has 0 bridgehead atoms. The van der Waals surface area contributed by atoms with Crippen molar-refractivity contribution in [3.8, 4) is 0 Å². The summed E-state index contributed by atoms with van der Waals surface area (Å²) in [6.45, 7) is 19.5. The third kappa shape index (κ3) is 5.52. The van der Waals surface area contributed by atoms with Crippen molar-refractivity contribution in [2.75, 3.05) is 21.3 Å². The van der Waals surface area contributed by atoms with E-state index >= 15 is 0 Å². The van der Waals surface area contributed by atoms with E-state index in [2.05, 4.69) is 19.7 Å². The Labute approximate surface area is 162 Å². The summed E-state index contributed by atoms with van der Waals surface area (Å²) < 4.78 is 42.8. The Bertz CT molecular complexity index is 510. The van der Waals surface area contributed by atoms with Crippen molar-refractivity contribution < 1.29 is 29.7 Å². The average Bonchev–Trinajstić information content (AvgIpc) is 2.58.